The molecule has 5 aliphatic rings. The van der Waals surface area contributed by atoms with E-state index in [0.717, 1.165) is 44.6 Å². The quantitative estimate of drug-likeness (QED) is 0.635. The maximum Gasteiger partial charge on any atom is 0.234 e. The van der Waals surface area contributed by atoms with Crippen LogP contribution in [0.4, 0.5) is 0 Å². The van der Waals surface area contributed by atoms with Crippen molar-refractivity contribution in [3.8, 4) is 0 Å². The summed E-state index contributed by atoms with van der Waals surface area (Å²) in [5, 5.41) is 3.29. The number of likely N-dealkylation sites (N-methyl/N-ethyl adjacent to an activating group) is 1. The van der Waals surface area contributed by atoms with Crippen molar-refractivity contribution in [2.75, 3.05) is 46.3 Å². The van der Waals surface area contributed by atoms with Gasteiger partial charge in [0.1, 0.15) is 0 Å². The second-order valence-electron chi connectivity index (χ2n) is 8.57. The highest BCUT2D eigenvalue weighted by molar-refractivity contribution is 5.78. The number of amides is 1. The Balaban J connectivity index is 0.00000156. The SMILES string of the molecule is CN1CCN(CC(=O)NCC23C[C+]4CC(CC(C4)C2)C3)CC1.[Cl-]. The van der Waals surface area contributed by atoms with Gasteiger partial charge in [0.15, 0.2) is 0 Å². The minimum Gasteiger partial charge on any atom is -1.00 e. The molecule has 4 bridgehead atoms. The predicted octanol–water partition coefficient (Wildman–Crippen LogP) is -1.47. The lowest BCUT2D eigenvalue weighted by Gasteiger charge is -2.51. The molecule has 23 heavy (non-hydrogen) atoms. The Morgan fingerprint density at radius 2 is 1.83 bits per heavy atom. The predicted molar refractivity (Wildman–Crippen MR) is 87.3 cm³/mol. The molecule has 4 nitrogen and oxygen atoms in total. The van der Waals surface area contributed by atoms with Crippen LogP contribution in [-0.4, -0.2) is 62.0 Å². The lowest BCUT2D eigenvalue weighted by atomic mass is 9.49. The molecule has 4 saturated carbocycles. The van der Waals surface area contributed by atoms with E-state index in [4.69, 9.17) is 0 Å². The first-order chi connectivity index (χ1) is 10.6. The Kier molecular flexibility index (Phi) is 5.15. The largest absolute Gasteiger partial charge is 1.00 e. The Hall–Kier alpha value is -0.450. The summed E-state index contributed by atoms with van der Waals surface area (Å²) in [6.45, 7) is 5.73. The number of rotatable bonds is 4. The van der Waals surface area contributed by atoms with Gasteiger partial charge in [-0.2, -0.15) is 0 Å². The van der Waals surface area contributed by atoms with Crippen LogP contribution in [0.5, 0.6) is 0 Å². The van der Waals surface area contributed by atoms with Crippen molar-refractivity contribution in [1.29, 1.82) is 0 Å². The standard InChI is InChI=1S/C18H29N3O.ClH/c1-20-2-4-21(5-3-20)12-17(22)19-13-18-9-14-6-15(10-18)8-16(7-14)11-18;/h14-15H,2-13H2,1H3;1H. The Bertz CT molecular complexity index is 399. The highest BCUT2D eigenvalue weighted by Crippen LogP contribution is 2.60. The fraction of sp³-hybridized carbons (Fsp3) is 0.889. The Labute approximate surface area is 146 Å². The molecule has 1 amide bonds. The zero-order valence-electron chi connectivity index (χ0n) is 14.3. The number of hydrogen-bond donors (Lipinski definition) is 1. The van der Waals surface area contributed by atoms with Gasteiger partial charge in [-0.25, -0.2) is 0 Å². The highest BCUT2D eigenvalue weighted by atomic mass is 35.5. The van der Waals surface area contributed by atoms with Gasteiger partial charge >= 0.3 is 0 Å². The molecule has 1 aliphatic heterocycles. The van der Waals surface area contributed by atoms with Gasteiger partial charge in [-0.1, -0.05) is 0 Å². The van der Waals surface area contributed by atoms with Crippen LogP contribution in [0.1, 0.15) is 38.5 Å². The van der Waals surface area contributed by atoms with E-state index in [1.165, 1.54) is 38.5 Å². The fourth-order valence-electron chi connectivity index (χ4n) is 5.73. The Morgan fingerprint density at radius 1 is 1.17 bits per heavy atom. The number of piperazine rings is 1. The molecule has 5 rings (SSSR count). The molecule has 5 heteroatoms. The van der Waals surface area contributed by atoms with E-state index in [0.29, 0.717) is 12.0 Å². The summed E-state index contributed by atoms with van der Waals surface area (Å²) in [6, 6.07) is 0. The third-order valence-electron chi connectivity index (χ3n) is 6.51. The van der Waals surface area contributed by atoms with Crippen molar-refractivity contribution in [3.63, 3.8) is 0 Å². The Morgan fingerprint density at radius 3 is 2.43 bits per heavy atom. The van der Waals surface area contributed by atoms with Gasteiger partial charge in [0.05, 0.1) is 31.7 Å². The third-order valence-corrected chi connectivity index (χ3v) is 6.51. The second-order valence-corrected chi connectivity index (χ2v) is 8.57. The third kappa shape index (κ3) is 3.80. The van der Waals surface area contributed by atoms with Gasteiger partial charge in [0.25, 0.3) is 0 Å². The first kappa shape index (κ1) is 17.4. The van der Waals surface area contributed by atoms with Gasteiger partial charge < -0.3 is 22.6 Å². The molecule has 4 aliphatic carbocycles. The number of carbonyl (C=O) groups is 1. The van der Waals surface area contributed by atoms with E-state index < -0.39 is 0 Å². The van der Waals surface area contributed by atoms with E-state index >= 15 is 0 Å². The number of nitrogens with one attached hydrogen (secondary N) is 1. The molecule has 1 saturated heterocycles. The zero-order valence-corrected chi connectivity index (χ0v) is 15.1. The fourth-order valence-corrected chi connectivity index (χ4v) is 5.73. The number of carbonyl (C=O) groups excluding carboxylic acids is 1. The van der Waals surface area contributed by atoms with Gasteiger partial charge in [0.2, 0.25) is 5.91 Å². The van der Waals surface area contributed by atoms with Gasteiger partial charge in [-0.15, -0.1) is 0 Å². The van der Waals surface area contributed by atoms with E-state index in [1.54, 1.807) is 0 Å². The first-order valence-corrected chi connectivity index (χ1v) is 9.11. The molecule has 5 fully saturated rings. The van der Waals surface area contributed by atoms with Crippen molar-refractivity contribution in [3.05, 3.63) is 5.92 Å². The number of halogens is 1. The second kappa shape index (κ2) is 6.81. The zero-order chi connectivity index (χ0) is 15.2. The lowest BCUT2D eigenvalue weighted by molar-refractivity contribution is -0.124. The minimum absolute atomic E-state index is 0. The molecular weight excluding hydrogens is 310 g/mol. The summed E-state index contributed by atoms with van der Waals surface area (Å²) in [5.74, 6) is 3.92. The molecule has 0 aromatic rings. The first-order valence-electron chi connectivity index (χ1n) is 9.11. The topological polar surface area (TPSA) is 35.6 Å². The molecule has 2 atom stereocenters. The summed E-state index contributed by atoms with van der Waals surface area (Å²) in [5.41, 5.74) is 0.428. The number of hydrogen-bond acceptors (Lipinski definition) is 3. The molecule has 0 aromatic heterocycles. The van der Waals surface area contributed by atoms with Crippen LogP contribution in [0.15, 0.2) is 0 Å². The summed E-state index contributed by atoms with van der Waals surface area (Å²) >= 11 is 0. The van der Waals surface area contributed by atoms with Crippen molar-refractivity contribution < 1.29 is 17.2 Å². The van der Waals surface area contributed by atoms with E-state index in [-0.39, 0.29) is 18.3 Å². The summed E-state index contributed by atoms with van der Waals surface area (Å²) in [6.07, 6.45) is 8.28. The van der Waals surface area contributed by atoms with E-state index in [2.05, 4.69) is 22.2 Å². The monoisotopic (exact) mass is 339 g/mol. The van der Waals surface area contributed by atoms with Gasteiger partial charge in [-0.05, 0) is 26.3 Å². The maximum atomic E-state index is 12.3. The summed E-state index contributed by atoms with van der Waals surface area (Å²) < 4.78 is 0. The minimum atomic E-state index is 0. The molecular formula is C18H30ClN3O. The smallest absolute Gasteiger partial charge is 0.234 e. The van der Waals surface area contributed by atoms with Crippen LogP contribution in [0.2, 0.25) is 0 Å². The van der Waals surface area contributed by atoms with Crippen LogP contribution in [0.25, 0.3) is 0 Å². The average Bonchev–Trinajstić information content (AvgIpc) is 2.46. The van der Waals surface area contributed by atoms with Crippen LogP contribution in [0.3, 0.4) is 0 Å². The molecule has 1 heterocycles. The van der Waals surface area contributed by atoms with Gasteiger partial charge in [-0.3, -0.25) is 9.69 Å². The summed E-state index contributed by atoms with van der Waals surface area (Å²) in [4.78, 5) is 16.9. The van der Waals surface area contributed by atoms with Crippen LogP contribution >= 0.6 is 0 Å². The molecule has 2 unspecified atom stereocenters. The van der Waals surface area contributed by atoms with Crippen molar-refractivity contribution >= 4 is 5.91 Å². The summed E-state index contributed by atoms with van der Waals surface area (Å²) in [7, 11) is 2.15. The van der Waals surface area contributed by atoms with Crippen LogP contribution in [0, 0.1) is 23.2 Å². The van der Waals surface area contributed by atoms with Crippen LogP contribution < -0.4 is 17.7 Å². The van der Waals surface area contributed by atoms with Crippen molar-refractivity contribution in [2.24, 2.45) is 17.3 Å². The van der Waals surface area contributed by atoms with Crippen molar-refractivity contribution in [2.45, 2.75) is 38.5 Å². The molecule has 0 spiro atoms. The van der Waals surface area contributed by atoms with Gasteiger partial charge in [0, 0.05) is 50.0 Å². The highest BCUT2D eigenvalue weighted by Gasteiger charge is 2.56. The molecule has 0 aromatic carbocycles. The maximum absolute atomic E-state index is 12.3. The van der Waals surface area contributed by atoms with Crippen LogP contribution in [-0.2, 0) is 4.79 Å². The normalized spacial score (nSPS) is 36.8. The molecule has 130 valence electrons. The molecule has 0 radical (unpaired) electrons. The van der Waals surface area contributed by atoms with E-state index in [1.807, 2.05) is 5.92 Å². The molecule has 1 N–H and O–H groups in total. The van der Waals surface area contributed by atoms with E-state index in [9.17, 15) is 4.79 Å². The number of nitrogens with zero attached hydrogens (tertiary/aromatic N) is 2. The lowest BCUT2D eigenvalue weighted by Crippen LogP contribution is -3.00. The van der Waals surface area contributed by atoms with Crippen molar-refractivity contribution in [1.82, 2.24) is 15.1 Å². The average molecular weight is 340 g/mol.